The van der Waals surface area contributed by atoms with Crippen molar-refractivity contribution < 1.29 is 4.42 Å². The molecule has 0 saturated heterocycles. The predicted octanol–water partition coefficient (Wildman–Crippen LogP) is 2.70. The molecule has 80 valence electrons. The zero-order valence-corrected chi connectivity index (χ0v) is 9.42. The Labute approximate surface area is 86.7 Å². The van der Waals surface area contributed by atoms with Crippen LogP contribution in [0.4, 0.5) is 0 Å². The molecule has 0 aliphatic carbocycles. The molecule has 1 heterocycles. The maximum Gasteiger partial charge on any atom is 0.104 e. The Kier molecular flexibility index (Phi) is 4.74. The maximum atomic E-state index is 5.30. The monoisotopic (exact) mass is 195 g/mol. The lowest BCUT2D eigenvalue weighted by Crippen LogP contribution is -2.26. The third-order valence-electron chi connectivity index (χ3n) is 2.18. The zero-order valence-electron chi connectivity index (χ0n) is 9.42. The molecule has 1 atom stereocenters. The van der Waals surface area contributed by atoms with Gasteiger partial charge in [-0.05, 0) is 37.1 Å². The number of hydrogen-bond acceptors (Lipinski definition) is 2. The molecule has 14 heavy (non-hydrogen) atoms. The average Bonchev–Trinajstić information content (AvgIpc) is 2.56. The molecule has 1 aromatic heterocycles. The van der Waals surface area contributed by atoms with Crippen LogP contribution in [0.3, 0.4) is 0 Å². The average molecular weight is 195 g/mol. The standard InChI is InChI=1S/C12H21NO/c1-10(2)8-13-9-11(3)7-12-5-4-6-14-12/h4-6,10-11,13H,7-9H2,1-3H3. The van der Waals surface area contributed by atoms with E-state index in [1.54, 1.807) is 6.26 Å². The number of furan rings is 1. The van der Waals surface area contributed by atoms with Crippen LogP contribution in [-0.4, -0.2) is 13.1 Å². The van der Waals surface area contributed by atoms with Gasteiger partial charge in [0.1, 0.15) is 5.76 Å². The van der Waals surface area contributed by atoms with Gasteiger partial charge < -0.3 is 9.73 Å². The highest BCUT2D eigenvalue weighted by molar-refractivity contribution is 4.98. The summed E-state index contributed by atoms with van der Waals surface area (Å²) in [5.41, 5.74) is 0. The summed E-state index contributed by atoms with van der Waals surface area (Å²) < 4.78 is 5.30. The molecule has 0 amide bonds. The quantitative estimate of drug-likeness (QED) is 0.755. The van der Waals surface area contributed by atoms with Crippen molar-refractivity contribution >= 4 is 0 Å². The molecule has 0 spiro atoms. The molecule has 2 nitrogen and oxygen atoms in total. The van der Waals surface area contributed by atoms with E-state index in [1.165, 1.54) is 0 Å². The summed E-state index contributed by atoms with van der Waals surface area (Å²) in [7, 11) is 0. The summed E-state index contributed by atoms with van der Waals surface area (Å²) in [6.45, 7) is 8.87. The Morgan fingerprint density at radius 2 is 2.07 bits per heavy atom. The van der Waals surface area contributed by atoms with E-state index in [0.29, 0.717) is 5.92 Å². The number of nitrogens with one attached hydrogen (secondary N) is 1. The van der Waals surface area contributed by atoms with Crippen molar-refractivity contribution in [1.29, 1.82) is 0 Å². The lowest BCUT2D eigenvalue weighted by molar-refractivity contribution is 0.427. The van der Waals surface area contributed by atoms with Crippen LogP contribution in [0.2, 0.25) is 0 Å². The van der Waals surface area contributed by atoms with E-state index in [4.69, 9.17) is 4.42 Å². The van der Waals surface area contributed by atoms with Gasteiger partial charge in [-0.3, -0.25) is 0 Å². The number of hydrogen-bond donors (Lipinski definition) is 1. The smallest absolute Gasteiger partial charge is 0.104 e. The molecule has 0 radical (unpaired) electrons. The van der Waals surface area contributed by atoms with Gasteiger partial charge in [-0.15, -0.1) is 0 Å². The normalized spacial score (nSPS) is 13.4. The minimum Gasteiger partial charge on any atom is -0.469 e. The van der Waals surface area contributed by atoms with E-state index in [-0.39, 0.29) is 0 Å². The van der Waals surface area contributed by atoms with Gasteiger partial charge >= 0.3 is 0 Å². The van der Waals surface area contributed by atoms with Crippen molar-refractivity contribution in [2.24, 2.45) is 11.8 Å². The van der Waals surface area contributed by atoms with Gasteiger partial charge in [0, 0.05) is 6.42 Å². The van der Waals surface area contributed by atoms with Gasteiger partial charge in [-0.25, -0.2) is 0 Å². The third-order valence-corrected chi connectivity index (χ3v) is 2.18. The maximum absolute atomic E-state index is 5.30. The van der Waals surface area contributed by atoms with Crippen LogP contribution < -0.4 is 5.32 Å². The highest BCUT2D eigenvalue weighted by Crippen LogP contribution is 2.07. The van der Waals surface area contributed by atoms with Crippen LogP contribution in [0, 0.1) is 11.8 Å². The molecule has 0 aromatic carbocycles. The summed E-state index contributed by atoms with van der Waals surface area (Å²) in [5.74, 6) is 2.45. The lowest BCUT2D eigenvalue weighted by atomic mass is 10.1. The Balaban J connectivity index is 2.13. The summed E-state index contributed by atoms with van der Waals surface area (Å²) in [5, 5.41) is 3.46. The topological polar surface area (TPSA) is 25.2 Å². The van der Waals surface area contributed by atoms with Crippen LogP contribution in [0.5, 0.6) is 0 Å². The van der Waals surface area contributed by atoms with E-state index in [9.17, 15) is 0 Å². The van der Waals surface area contributed by atoms with Crippen LogP contribution in [0.15, 0.2) is 22.8 Å². The van der Waals surface area contributed by atoms with Crippen molar-refractivity contribution in [2.45, 2.75) is 27.2 Å². The second-order valence-electron chi connectivity index (χ2n) is 4.44. The van der Waals surface area contributed by atoms with E-state index >= 15 is 0 Å². The van der Waals surface area contributed by atoms with Gasteiger partial charge in [-0.2, -0.15) is 0 Å². The van der Waals surface area contributed by atoms with Crippen LogP contribution in [0.1, 0.15) is 26.5 Å². The summed E-state index contributed by atoms with van der Waals surface area (Å²) >= 11 is 0. The molecule has 2 heteroatoms. The first-order chi connectivity index (χ1) is 6.68. The minimum absolute atomic E-state index is 0.639. The highest BCUT2D eigenvalue weighted by atomic mass is 16.3. The highest BCUT2D eigenvalue weighted by Gasteiger charge is 2.05. The summed E-state index contributed by atoms with van der Waals surface area (Å²) in [4.78, 5) is 0. The van der Waals surface area contributed by atoms with Crippen molar-refractivity contribution in [3.05, 3.63) is 24.2 Å². The van der Waals surface area contributed by atoms with Gasteiger partial charge in [0.15, 0.2) is 0 Å². The van der Waals surface area contributed by atoms with Crippen LogP contribution in [-0.2, 0) is 6.42 Å². The first kappa shape index (κ1) is 11.3. The summed E-state index contributed by atoms with van der Waals surface area (Å²) in [6.07, 6.45) is 2.77. The summed E-state index contributed by atoms with van der Waals surface area (Å²) in [6, 6.07) is 3.99. The molecular formula is C12H21NO. The molecular weight excluding hydrogens is 174 g/mol. The van der Waals surface area contributed by atoms with Crippen LogP contribution in [0.25, 0.3) is 0 Å². The van der Waals surface area contributed by atoms with E-state index in [1.807, 2.05) is 12.1 Å². The largest absolute Gasteiger partial charge is 0.469 e. The number of rotatable bonds is 6. The molecule has 1 unspecified atom stereocenters. The Bertz CT molecular complexity index is 228. The molecule has 1 N–H and O–H groups in total. The van der Waals surface area contributed by atoms with Crippen molar-refractivity contribution in [3.8, 4) is 0 Å². The Hall–Kier alpha value is -0.760. The third kappa shape index (κ3) is 4.47. The van der Waals surface area contributed by atoms with Gasteiger partial charge in [-0.1, -0.05) is 20.8 Å². The van der Waals surface area contributed by atoms with Gasteiger partial charge in [0.05, 0.1) is 6.26 Å². The van der Waals surface area contributed by atoms with E-state index in [0.717, 1.165) is 31.2 Å². The molecule has 0 fully saturated rings. The van der Waals surface area contributed by atoms with E-state index < -0.39 is 0 Å². The zero-order chi connectivity index (χ0) is 10.4. The molecule has 0 bridgehead atoms. The lowest BCUT2D eigenvalue weighted by Gasteiger charge is -2.12. The predicted molar refractivity (Wildman–Crippen MR) is 59.3 cm³/mol. The molecule has 1 rings (SSSR count). The van der Waals surface area contributed by atoms with Crippen molar-refractivity contribution in [1.82, 2.24) is 5.32 Å². The van der Waals surface area contributed by atoms with Gasteiger partial charge in [0.2, 0.25) is 0 Å². The fourth-order valence-electron chi connectivity index (χ4n) is 1.46. The Morgan fingerprint density at radius 3 is 2.64 bits per heavy atom. The van der Waals surface area contributed by atoms with Crippen molar-refractivity contribution in [3.63, 3.8) is 0 Å². The van der Waals surface area contributed by atoms with Crippen LogP contribution >= 0.6 is 0 Å². The van der Waals surface area contributed by atoms with Gasteiger partial charge in [0.25, 0.3) is 0 Å². The minimum atomic E-state index is 0.639. The fourth-order valence-corrected chi connectivity index (χ4v) is 1.46. The second-order valence-corrected chi connectivity index (χ2v) is 4.44. The first-order valence-corrected chi connectivity index (χ1v) is 5.41. The molecule has 1 aromatic rings. The Morgan fingerprint density at radius 1 is 1.29 bits per heavy atom. The molecule has 0 saturated carbocycles. The van der Waals surface area contributed by atoms with E-state index in [2.05, 4.69) is 26.1 Å². The fraction of sp³-hybridized carbons (Fsp3) is 0.667. The molecule has 0 aliphatic heterocycles. The first-order valence-electron chi connectivity index (χ1n) is 5.41. The SMILES string of the molecule is CC(C)CNCC(C)Cc1ccco1. The second kappa shape index (κ2) is 5.86. The molecule has 0 aliphatic rings. The van der Waals surface area contributed by atoms with Crippen molar-refractivity contribution in [2.75, 3.05) is 13.1 Å².